The number of hydrogen-bond donors (Lipinski definition) is 1. The molecule has 8 nitrogen and oxygen atoms in total. The van der Waals surface area contributed by atoms with Crippen LogP contribution in [-0.2, 0) is 14.8 Å². The summed E-state index contributed by atoms with van der Waals surface area (Å²) in [4.78, 5) is 23.3. The number of nitrogens with zero attached hydrogens (tertiary/aromatic N) is 2. The molecule has 1 fully saturated rings. The van der Waals surface area contributed by atoms with Gasteiger partial charge in [-0.1, -0.05) is 23.8 Å². The first-order valence-corrected chi connectivity index (χ1v) is 10.8. The highest BCUT2D eigenvalue weighted by Gasteiger charge is 2.32. The number of nitro groups is 1. The summed E-state index contributed by atoms with van der Waals surface area (Å²) in [6.07, 6.45) is 0.787. The van der Waals surface area contributed by atoms with Crippen LogP contribution >= 0.6 is 0 Å². The van der Waals surface area contributed by atoms with E-state index in [1.807, 2.05) is 6.92 Å². The second-order valence-electron chi connectivity index (χ2n) is 7.24. The molecule has 3 rings (SSSR count). The smallest absolute Gasteiger partial charge is 0.271 e. The van der Waals surface area contributed by atoms with Crippen molar-refractivity contribution in [2.75, 3.05) is 18.4 Å². The molecule has 9 heteroatoms. The van der Waals surface area contributed by atoms with E-state index in [2.05, 4.69) is 5.32 Å². The van der Waals surface area contributed by atoms with Gasteiger partial charge in [0.15, 0.2) is 0 Å². The Morgan fingerprint density at radius 1 is 1.10 bits per heavy atom. The first-order chi connectivity index (χ1) is 13.7. The minimum Gasteiger partial charge on any atom is -0.325 e. The van der Waals surface area contributed by atoms with E-state index in [-0.39, 0.29) is 35.5 Å². The van der Waals surface area contributed by atoms with Crippen LogP contribution in [0.5, 0.6) is 0 Å². The van der Waals surface area contributed by atoms with Gasteiger partial charge in [0.05, 0.1) is 15.5 Å². The number of hydrogen-bond acceptors (Lipinski definition) is 5. The zero-order valence-electron chi connectivity index (χ0n) is 16.3. The van der Waals surface area contributed by atoms with E-state index >= 15 is 0 Å². The minimum atomic E-state index is -3.58. The summed E-state index contributed by atoms with van der Waals surface area (Å²) in [5.74, 6) is -0.598. The Morgan fingerprint density at radius 3 is 2.31 bits per heavy atom. The van der Waals surface area contributed by atoms with Crippen molar-refractivity contribution in [2.45, 2.75) is 31.6 Å². The molecule has 154 valence electrons. The van der Waals surface area contributed by atoms with Crippen LogP contribution in [0.25, 0.3) is 0 Å². The Hall–Kier alpha value is -2.78. The van der Waals surface area contributed by atoms with Gasteiger partial charge in [-0.05, 0) is 44.4 Å². The van der Waals surface area contributed by atoms with E-state index in [4.69, 9.17) is 0 Å². The van der Waals surface area contributed by atoms with Crippen molar-refractivity contribution in [2.24, 2.45) is 5.92 Å². The SMILES string of the molecule is Cc1ccc(S(=O)(=O)N2CCC(C(=O)Nc3cc([N+](=O)[O-])ccc3C)CC2)cc1. The normalized spacial score (nSPS) is 15.8. The predicted octanol–water partition coefficient (Wildman–Crippen LogP) is 3.25. The zero-order valence-corrected chi connectivity index (χ0v) is 17.1. The van der Waals surface area contributed by atoms with Gasteiger partial charge < -0.3 is 5.32 Å². The molecule has 0 radical (unpaired) electrons. The zero-order chi connectivity index (χ0) is 21.2. The van der Waals surface area contributed by atoms with Crippen LogP contribution in [0.3, 0.4) is 0 Å². The second kappa shape index (κ2) is 8.30. The molecule has 2 aromatic rings. The summed E-state index contributed by atoms with van der Waals surface area (Å²) < 4.78 is 26.9. The number of aryl methyl sites for hydroxylation is 2. The van der Waals surface area contributed by atoms with E-state index in [0.717, 1.165) is 11.1 Å². The number of amides is 1. The summed E-state index contributed by atoms with van der Waals surface area (Å²) in [5, 5.41) is 13.7. The van der Waals surface area contributed by atoms with Gasteiger partial charge in [0, 0.05) is 31.1 Å². The molecule has 0 bridgehead atoms. The molecule has 0 spiro atoms. The van der Waals surface area contributed by atoms with Gasteiger partial charge in [0.25, 0.3) is 5.69 Å². The van der Waals surface area contributed by atoms with E-state index in [1.54, 1.807) is 37.3 Å². The van der Waals surface area contributed by atoms with Crippen molar-refractivity contribution >= 4 is 27.3 Å². The van der Waals surface area contributed by atoms with Crippen molar-refractivity contribution in [1.82, 2.24) is 4.31 Å². The van der Waals surface area contributed by atoms with Gasteiger partial charge in [-0.3, -0.25) is 14.9 Å². The lowest BCUT2D eigenvalue weighted by atomic mass is 9.97. The third-order valence-corrected chi connectivity index (χ3v) is 7.09. The molecular formula is C20H23N3O5S. The molecule has 0 aromatic heterocycles. The maximum atomic E-state index is 12.8. The predicted molar refractivity (Wildman–Crippen MR) is 109 cm³/mol. The highest BCUT2D eigenvalue weighted by atomic mass is 32.2. The van der Waals surface area contributed by atoms with Crippen LogP contribution in [0.1, 0.15) is 24.0 Å². The molecule has 2 aromatic carbocycles. The molecule has 1 N–H and O–H groups in total. The van der Waals surface area contributed by atoms with Gasteiger partial charge in [0.1, 0.15) is 0 Å². The third-order valence-electron chi connectivity index (χ3n) is 5.17. The van der Waals surface area contributed by atoms with Crippen LogP contribution in [0.4, 0.5) is 11.4 Å². The Kier molecular flexibility index (Phi) is 5.99. The molecule has 1 heterocycles. The van der Waals surface area contributed by atoms with Crippen molar-refractivity contribution in [3.8, 4) is 0 Å². The molecule has 0 atom stereocenters. The quantitative estimate of drug-likeness (QED) is 0.593. The Balaban J connectivity index is 1.65. The number of non-ortho nitro benzene ring substituents is 1. The summed E-state index contributed by atoms with van der Waals surface area (Å²) in [6, 6.07) is 11.0. The summed E-state index contributed by atoms with van der Waals surface area (Å²) in [5.41, 5.74) is 2.02. The maximum absolute atomic E-state index is 12.8. The number of benzene rings is 2. The van der Waals surface area contributed by atoms with Crippen LogP contribution in [-0.4, -0.2) is 36.6 Å². The van der Waals surface area contributed by atoms with E-state index in [9.17, 15) is 23.3 Å². The molecule has 1 aliphatic rings. The second-order valence-corrected chi connectivity index (χ2v) is 9.17. The number of nitrogens with one attached hydrogen (secondary N) is 1. The fourth-order valence-electron chi connectivity index (χ4n) is 3.31. The molecule has 29 heavy (non-hydrogen) atoms. The summed E-state index contributed by atoms with van der Waals surface area (Å²) >= 11 is 0. The largest absolute Gasteiger partial charge is 0.325 e. The average Bonchev–Trinajstić information content (AvgIpc) is 2.70. The van der Waals surface area contributed by atoms with Crippen molar-refractivity contribution in [3.05, 3.63) is 63.7 Å². The van der Waals surface area contributed by atoms with E-state index in [0.29, 0.717) is 18.5 Å². The highest BCUT2D eigenvalue weighted by Crippen LogP contribution is 2.27. The monoisotopic (exact) mass is 417 g/mol. The third kappa shape index (κ3) is 4.63. The summed E-state index contributed by atoms with van der Waals surface area (Å²) in [6.45, 7) is 4.16. The number of sulfonamides is 1. The first-order valence-electron chi connectivity index (χ1n) is 9.31. The van der Waals surface area contributed by atoms with E-state index in [1.165, 1.54) is 16.4 Å². The van der Waals surface area contributed by atoms with Gasteiger partial charge in [0.2, 0.25) is 15.9 Å². The molecule has 0 aliphatic carbocycles. The number of piperidine rings is 1. The van der Waals surface area contributed by atoms with Gasteiger partial charge in [-0.2, -0.15) is 4.31 Å². The molecule has 0 saturated carbocycles. The minimum absolute atomic E-state index is 0.0927. The van der Waals surface area contributed by atoms with Crippen LogP contribution in [0, 0.1) is 29.9 Å². The topological polar surface area (TPSA) is 110 Å². The van der Waals surface area contributed by atoms with Crippen LogP contribution in [0.15, 0.2) is 47.4 Å². The Bertz CT molecular complexity index is 1030. The fourth-order valence-corrected chi connectivity index (χ4v) is 4.78. The number of carbonyl (C=O) groups is 1. The lowest BCUT2D eigenvalue weighted by Gasteiger charge is -2.30. The molecule has 1 aliphatic heterocycles. The number of anilines is 1. The average molecular weight is 417 g/mol. The van der Waals surface area contributed by atoms with Gasteiger partial charge >= 0.3 is 0 Å². The fraction of sp³-hybridized carbons (Fsp3) is 0.350. The lowest BCUT2D eigenvalue weighted by Crippen LogP contribution is -2.41. The van der Waals surface area contributed by atoms with Crippen molar-refractivity contribution in [1.29, 1.82) is 0 Å². The Morgan fingerprint density at radius 2 is 1.72 bits per heavy atom. The number of nitro benzene ring substituents is 1. The molecule has 1 saturated heterocycles. The first kappa shape index (κ1) is 20.9. The molecule has 0 unspecified atom stereocenters. The number of rotatable bonds is 5. The lowest BCUT2D eigenvalue weighted by molar-refractivity contribution is -0.384. The van der Waals surface area contributed by atoms with Crippen LogP contribution < -0.4 is 5.32 Å². The number of carbonyl (C=O) groups excluding carboxylic acids is 1. The van der Waals surface area contributed by atoms with Gasteiger partial charge in [-0.25, -0.2) is 8.42 Å². The van der Waals surface area contributed by atoms with E-state index < -0.39 is 14.9 Å². The van der Waals surface area contributed by atoms with Crippen LogP contribution in [0.2, 0.25) is 0 Å². The summed E-state index contributed by atoms with van der Waals surface area (Å²) in [7, 11) is -3.58. The van der Waals surface area contributed by atoms with Gasteiger partial charge in [-0.15, -0.1) is 0 Å². The highest BCUT2D eigenvalue weighted by molar-refractivity contribution is 7.89. The Labute approximate surface area is 169 Å². The maximum Gasteiger partial charge on any atom is 0.271 e. The van der Waals surface area contributed by atoms with Crippen molar-refractivity contribution < 1.29 is 18.1 Å². The standard InChI is InChI=1S/C20H23N3O5S/c1-14-3-7-18(8-4-14)29(27,28)22-11-9-16(10-12-22)20(24)21-19-13-17(23(25)26)6-5-15(19)2/h3-8,13,16H,9-12H2,1-2H3,(H,21,24). The van der Waals surface area contributed by atoms with Crippen molar-refractivity contribution in [3.63, 3.8) is 0 Å². The molecule has 1 amide bonds. The molecular weight excluding hydrogens is 394 g/mol.